The third kappa shape index (κ3) is 4.96. The van der Waals surface area contributed by atoms with E-state index in [2.05, 4.69) is 32.2 Å². The van der Waals surface area contributed by atoms with Gasteiger partial charge in [-0.05, 0) is 25.5 Å². The third-order valence-corrected chi connectivity index (χ3v) is 2.89. The summed E-state index contributed by atoms with van der Waals surface area (Å²) < 4.78 is 5.68. The molecule has 3 N–H and O–H groups in total. The van der Waals surface area contributed by atoms with Crippen molar-refractivity contribution in [2.45, 2.75) is 32.9 Å². The number of ether oxygens (including phenoxy) is 1. The molecule has 21 heavy (non-hydrogen) atoms. The Morgan fingerprint density at radius 2 is 2.14 bits per heavy atom. The molecule has 0 amide bonds. The molecule has 0 aromatic carbocycles. The number of nitrogen functional groups attached to an aromatic ring is 1. The van der Waals surface area contributed by atoms with E-state index in [0.717, 1.165) is 12.1 Å². The molecule has 0 saturated heterocycles. The topological polar surface area (TPSA) is 98.8 Å². The van der Waals surface area contributed by atoms with Crippen molar-refractivity contribution in [1.82, 2.24) is 19.9 Å². The monoisotopic (exact) mass is 288 g/mol. The van der Waals surface area contributed by atoms with Crippen LogP contribution in [0.2, 0.25) is 0 Å². The van der Waals surface area contributed by atoms with E-state index < -0.39 is 0 Å². The fourth-order valence-corrected chi connectivity index (χ4v) is 1.80. The van der Waals surface area contributed by atoms with Crippen LogP contribution < -0.4 is 11.1 Å². The summed E-state index contributed by atoms with van der Waals surface area (Å²) in [6.45, 7) is 4.87. The predicted molar refractivity (Wildman–Crippen MR) is 80.6 cm³/mol. The Morgan fingerprint density at radius 3 is 2.81 bits per heavy atom. The fourth-order valence-electron chi connectivity index (χ4n) is 1.80. The lowest BCUT2D eigenvalue weighted by atomic mass is 10.2. The van der Waals surface area contributed by atoms with Gasteiger partial charge in [0.25, 0.3) is 0 Å². The van der Waals surface area contributed by atoms with Gasteiger partial charge in [0.2, 0.25) is 11.9 Å². The lowest BCUT2D eigenvalue weighted by Gasteiger charge is -2.17. The molecule has 2 heterocycles. The SMILES string of the molecule is CCC(COCc1ccccn1)Nc1nc(C)nc(N)n1. The van der Waals surface area contributed by atoms with Gasteiger partial charge in [-0.3, -0.25) is 4.98 Å². The lowest BCUT2D eigenvalue weighted by molar-refractivity contribution is 0.108. The molecule has 7 nitrogen and oxygen atoms in total. The largest absolute Gasteiger partial charge is 0.373 e. The molecule has 1 unspecified atom stereocenters. The first-order valence-electron chi connectivity index (χ1n) is 6.89. The summed E-state index contributed by atoms with van der Waals surface area (Å²) in [6.07, 6.45) is 2.64. The molecular weight excluding hydrogens is 268 g/mol. The quantitative estimate of drug-likeness (QED) is 0.797. The number of anilines is 2. The summed E-state index contributed by atoms with van der Waals surface area (Å²) >= 11 is 0. The normalized spacial score (nSPS) is 12.1. The second-order valence-electron chi connectivity index (χ2n) is 4.65. The van der Waals surface area contributed by atoms with E-state index in [9.17, 15) is 0 Å². The first-order valence-corrected chi connectivity index (χ1v) is 6.89. The Balaban J connectivity index is 1.85. The van der Waals surface area contributed by atoms with E-state index in [1.807, 2.05) is 18.2 Å². The Morgan fingerprint density at radius 1 is 1.29 bits per heavy atom. The maximum atomic E-state index is 5.68. The maximum absolute atomic E-state index is 5.68. The van der Waals surface area contributed by atoms with Crippen molar-refractivity contribution < 1.29 is 4.74 Å². The summed E-state index contributed by atoms with van der Waals surface area (Å²) in [6, 6.07) is 5.87. The van der Waals surface area contributed by atoms with Gasteiger partial charge in [-0.25, -0.2) is 0 Å². The van der Waals surface area contributed by atoms with Gasteiger partial charge in [0, 0.05) is 6.20 Å². The van der Waals surface area contributed by atoms with E-state index >= 15 is 0 Å². The van der Waals surface area contributed by atoms with E-state index in [1.54, 1.807) is 13.1 Å². The average Bonchev–Trinajstić information content (AvgIpc) is 2.46. The van der Waals surface area contributed by atoms with Crippen molar-refractivity contribution in [2.75, 3.05) is 17.7 Å². The van der Waals surface area contributed by atoms with Crippen LogP contribution in [0, 0.1) is 6.92 Å². The zero-order valence-electron chi connectivity index (χ0n) is 12.3. The number of nitrogens with two attached hydrogens (primary N) is 1. The van der Waals surface area contributed by atoms with Gasteiger partial charge >= 0.3 is 0 Å². The van der Waals surface area contributed by atoms with Crippen molar-refractivity contribution in [3.05, 3.63) is 35.9 Å². The molecule has 1 atom stereocenters. The Kier molecular flexibility index (Phi) is 5.39. The van der Waals surface area contributed by atoms with Crippen LogP contribution in [0.15, 0.2) is 24.4 Å². The van der Waals surface area contributed by atoms with Crippen LogP contribution in [0.5, 0.6) is 0 Å². The molecule has 0 aliphatic carbocycles. The first kappa shape index (κ1) is 15.1. The van der Waals surface area contributed by atoms with Crippen LogP contribution in [0.3, 0.4) is 0 Å². The van der Waals surface area contributed by atoms with E-state index in [1.165, 1.54) is 0 Å². The standard InChI is InChI=1S/C14H20N6O/c1-3-11(8-21-9-12-6-4-5-7-16-12)19-14-18-10(2)17-13(15)20-14/h4-7,11H,3,8-9H2,1-2H3,(H3,15,17,18,19,20). The molecule has 2 rings (SSSR count). The van der Waals surface area contributed by atoms with Crippen molar-refractivity contribution in [1.29, 1.82) is 0 Å². The van der Waals surface area contributed by atoms with Gasteiger partial charge in [0.1, 0.15) is 5.82 Å². The second-order valence-corrected chi connectivity index (χ2v) is 4.65. The van der Waals surface area contributed by atoms with E-state index in [4.69, 9.17) is 10.5 Å². The Labute approximate surface area is 124 Å². The molecule has 0 fully saturated rings. The third-order valence-electron chi connectivity index (χ3n) is 2.89. The van der Waals surface area contributed by atoms with Crippen molar-refractivity contribution in [2.24, 2.45) is 0 Å². The molecule has 0 radical (unpaired) electrons. The minimum absolute atomic E-state index is 0.106. The number of hydrogen-bond acceptors (Lipinski definition) is 7. The smallest absolute Gasteiger partial charge is 0.228 e. The van der Waals surface area contributed by atoms with Gasteiger partial charge in [-0.2, -0.15) is 15.0 Å². The van der Waals surface area contributed by atoms with Crippen LogP contribution in [-0.4, -0.2) is 32.6 Å². The summed E-state index contributed by atoms with van der Waals surface area (Å²) in [5.74, 6) is 1.29. The van der Waals surface area contributed by atoms with E-state index in [-0.39, 0.29) is 12.0 Å². The summed E-state index contributed by atoms with van der Waals surface area (Å²) in [5.41, 5.74) is 6.52. The minimum atomic E-state index is 0.106. The highest BCUT2D eigenvalue weighted by atomic mass is 16.5. The van der Waals surface area contributed by atoms with Crippen LogP contribution >= 0.6 is 0 Å². The van der Waals surface area contributed by atoms with Crippen molar-refractivity contribution in [3.8, 4) is 0 Å². The zero-order chi connectivity index (χ0) is 15.1. The highest BCUT2D eigenvalue weighted by molar-refractivity contribution is 5.31. The average molecular weight is 288 g/mol. The molecule has 2 aromatic rings. The van der Waals surface area contributed by atoms with Gasteiger partial charge in [0.05, 0.1) is 24.9 Å². The Hall–Kier alpha value is -2.28. The minimum Gasteiger partial charge on any atom is -0.373 e. The van der Waals surface area contributed by atoms with E-state index in [0.29, 0.717) is 25.0 Å². The van der Waals surface area contributed by atoms with Gasteiger partial charge < -0.3 is 15.8 Å². The van der Waals surface area contributed by atoms with Gasteiger partial charge in [-0.1, -0.05) is 13.0 Å². The second kappa shape index (κ2) is 7.49. The molecule has 0 saturated carbocycles. The number of aryl methyl sites for hydroxylation is 1. The molecule has 112 valence electrons. The number of pyridine rings is 1. The predicted octanol–water partition coefficient (Wildman–Crippen LogP) is 1.56. The first-order chi connectivity index (χ1) is 10.2. The number of aromatic nitrogens is 4. The summed E-state index contributed by atoms with van der Waals surface area (Å²) in [7, 11) is 0. The number of rotatable bonds is 7. The fraction of sp³-hybridized carbons (Fsp3) is 0.429. The van der Waals surface area contributed by atoms with Crippen LogP contribution in [-0.2, 0) is 11.3 Å². The summed E-state index contributed by atoms with van der Waals surface area (Å²) in [4.78, 5) is 16.4. The van der Waals surface area contributed by atoms with Crippen LogP contribution in [0.1, 0.15) is 24.9 Å². The van der Waals surface area contributed by atoms with Crippen molar-refractivity contribution >= 4 is 11.9 Å². The molecule has 2 aromatic heterocycles. The van der Waals surface area contributed by atoms with Gasteiger partial charge in [0.15, 0.2) is 0 Å². The summed E-state index contributed by atoms with van der Waals surface area (Å²) in [5, 5.41) is 3.21. The van der Waals surface area contributed by atoms with Crippen molar-refractivity contribution in [3.63, 3.8) is 0 Å². The number of nitrogens with zero attached hydrogens (tertiary/aromatic N) is 4. The van der Waals surface area contributed by atoms with Gasteiger partial charge in [-0.15, -0.1) is 0 Å². The molecule has 0 aliphatic heterocycles. The molecular formula is C14H20N6O. The Bertz CT molecular complexity index is 542. The molecule has 0 spiro atoms. The van der Waals surface area contributed by atoms with Crippen LogP contribution in [0.25, 0.3) is 0 Å². The number of nitrogens with one attached hydrogen (secondary N) is 1. The highest BCUT2D eigenvalue weighted by Crippen LogP contribution is 2.07. The highest BCUT2D eigenvalue weighted by Gasteiger charge is 2.09. The molecule has 0 aliphatic rings. The number of hydrogen-bond donors (Lipinski definition) is 2. The van der Waals surface area contributed by atoms with Crippen LogP contribution in [0.4, 0.5) is 11.9 Å². The zero-order valence-corrected chi connectivity index (χ0v) is 12.3. The lowest BCUT2D eigenvalue weighted by Crippen LogP contribution is -2.26. The maximum Gasteiger partial charge on any atom is 0.228 e. The molecule has 0 bridgehead atoms. The molecule has 7 heteroatoms.